The van der Waals surface area contributed by atoms with E-state index in [1.807, 2.05) is 30.3 Å². The van der Waals surface area contributed by atoms with Crippen LogP contribution in [0.4, 0.5) is 5.69 Å². The molecule has 7 heteroatoms. The van der Waals surface area contributed by atoms with Gasteiger partial charge in [-0.05, 0) is 36.4 Å². The van der Waals surface area contributed by atoms with E-state index in [9.17, 15) is 8.42 Å². The number of aromatic nitrogens is 1. The molecule has 0 amide bonds. The molecule has 0 atom stereocenters. The van der Waals surface area contributed by atoms with E-state index in [-0.39, 0.29) is 11.4 Å². The van der Waals surface area contributed by atoms with Crippen molar-refractivity contribution in [2.75, 3.05) is 18.9 Å². The molecule has 0 aliphatic heterocycles. The van der Waals surface area contributed by atoms with Crippen molar-refractivity contribution in [3.05, 3.63) is 78.0 Å². The molecule has 0 saturated carbocycles. The summed E-state index contributed by atoms with van der Waals surface area (Å²) in [6, 6.07) is 16.4. The van der Waals surface area contributed by atoms with Gasteiger partial charge in [-0.2, -0.15) is 4.31 Å². The van der Waals surface area contributed by atoms with Gasteiger partial charge >= 0.3 is 0 Å². The number of likely N-dealkylation sites (N-methyl/N-ethyl adjacent to an activating group) is 1. The lowest BCUT2D eigenvalue weighted by Gasteiger charge is -2.15. The van der Waals surface area contributed by atoms with Crippen molar-refractivity contribution in [3.63, 3.8) is 0 Å². The maximum absolute atomic E-state index is 12.4. The molecule has 0 bridgehead atoms. The van der Waals surface area contributed by atoms with E-state index in [1.54, 1.807) is 30.3 Å². The van der Waals surface area contributed by atoms with E-state index in [0.29, 0.717) is 11.7 Å². The first-order valence-corrected chi connectivity index (χ1v) is 10.2. The predicted octanol–water partition coefficient (Wildman–Crippen LogP) is 4.31. The predicted molar refractivity (Wildman–Crippen MR) is 111 cm³/mol. The Bertz CT molecular complexity index is 1070. The fourth-order valence-electron chi connectivity index (χ4n) is 2.66. The maximum atomic E-state index is 12.4. The summed E-state index contributed by atoms with van der Waals surface area (Å²) in [6.45, 7) is 4.31. The topological polar surface area (TPSA) is 62.3 Å². The minimum atomic E-state index is -3.51. The SMILES string of the molecule is C=CCN(C)S(=O)(=O)c1ccc(NCc2cc3ccccc3nc2Cl)cc1. The third-order valence-corrected chi connectivity index (χ3v) is 6.35. The summed E-state index contributed by atoms with van der Waals surface area (Å²) in [7, 11) is -1.99. The second-order valence-corrected chi connectivity index (χ2v) is 8.49. The molecule has 27 heavy (non-hydrogen) atoms. The summed E-state index contributed by atoms with van der Waals surface area (Å²) in [5, 5.41) is 4.72. The number of benzene rings is 2. The number of hydrogen-bond acceptors (Lipinski definition) is 4. The highest BCUT2D eigenvalue weighted by atomic mass is 35.5. The molecule has 1 heterocycles. The van der Waals surface area contributed by atoms with Crippen molar-refractivity contribution in [2.24, 2.45) is 0 Å². The van der Waals surface area contributed by atoms with E-state index in [4.69, 9.17) is 11.6 Å². The number of halogens is 1. The quantitative estimate of drug-likeness (QED) is 0.473. The summed E-state index contributed by atoms with van der Waals surface area (Å²) in [6.07, 6.45) is 1.55. The number of anilines is 1. The van der Waals surface area contributed by atoms with Gasteiger partial charge in [0.05, 0.1) is 10.4 Å². The Morgan fingerprint density at radius 2 is 1.89 bits per heavy atom. The summed E-state index contributed by atoms with van der Waals surface area (Å²) in [4.78, 5) is 4.64. The standard InChI is InChI=1S/C20H20ClN3O2S/c1-3-12-24(2)27(25,26)18-10-8-17(9-11-18)22-14-16-13-15-6-4-5-7-19(15)23-20(16)21/h3-11,13,22H,1,12,14H2,2H3. The Morgan fingerprint density at radius 3 is 2.59 bits per heavy atom. The fraction of sp³-hybridized carbons (Fsp3) is 0.150. The number of rotatable bonds is 7. The number of nitrogens with one attached hydrogen (secondary N) is 1. The number of pyridine rings is 1. The van der Waals surface area contributed by atoms with E-state index >= 15 is 0 Å². The van der Waals surface area contributed by atoms with Crippen LogP contribution in [0.25, 0.3) is 10.9 Å². The van der Waals surface area contributed by atoms with Gasteiger partial charge < -0.3 is 5.32 Å². The van der Waals surface area contributed by atoms with Crippen molar-refractivity contribution < 1.29 is 8.42 Å². The van der Waals surface area contributed by atoms with Crippen molar-refractivity contribution in [1.29, 1.82) is 0 Å². The third kappa shape index (κ3) is 4.30. The average molecular weight is 402 g/mol. The Morgan fingerprint density at radius 1 is 1.19 bits per heavy atom. The van der Waals surface area contributed by atoms with Crippen LogP contribution in [0, 0.1) is 0 Å². The van der Waals surface area contributed by atoms with Crippen LogP contribution in [0.5, 0.6) is 0 Å². The summed E-state index contributed by atoms with van der Waals surface area (Å²) >= 11 is 6.28. The Hall–Kier alpha value is -2.41. The molecule has 0 unspecified atom stereocenters. The molecule has 0 aliphatic rings. The molecule has 0 spiro atoms. The lowest BCUT2D eigenvalue weighted by molar-refractivity contribution is 0.499. The molecular formula is C20H20ClN3O2S. The van der Waals surface area contributed by atoms with Gasteiger partial charge in [-0.3, -0.25) is 0 Å². The number of sulfonamides is 1. The van der Waals surface area contributed by atoms with E-state index in [0.717, 1.165) is 22.2 Å². The molecular weight excluding hydrogens is 382 g/mol. The van der Waals surface area contributed by atoms with Crippen molar-refractivity contribution in [2.45, 2.75) is 11.4 Å². The van der Waals surface area contributed by atoms with E-state index in [2.05, 4.69) is 16.9 Å². The highest BCUT2D eigenvalue weighted by Gasteiger charge is 2.19. The maximum Gasteiger partial charge on any atom is 0.243 e. The summed E-state index contributed by atoms with van der Waals surface area (Å²) < 4.78 is 26.1. The Balaban J connectivity index is 1.74. The van der Waals surface area contributed by atoms with Gasteiger partial charge in [0.25, 0.3) is 0 Å². The lowest BCUT2D eigenvalue weighted by Crippen LogP contribution is -2.26. The van der Waals surface area contributed by atoms with Crippen LogP contribution in [0.1, 0.15) is 5.56 Å². The highest BCUT2D eigenvalue weighted by Crippen LogP contribution is 2.22. The van der Waals surface area contributed by atoms with Crippen molar-refractivity contribution in [3.8, 4) is 0 Å². The average Bonchev–Trinajstić information content (AvgIpc) is 2.67. The van der Waals surface area contributed by atoms with Crippen LogP contribution in [0.15, 0.2) is 72.1 Å². The first-order chi connectivity index (χ1) is 12.9. The molecule has 0 saturated heterocycles. The van der Waals surface area contributed by atoms with Gasteiger partial charge in [0.1, 0.15) is 5.15 Å². The first-order valence-electron chi connectivity index (χ1n) is 8.37. The molecule has 0 fully saturated rings. The smallest absolute Gasteiger partial charge is 0.243 e. The monoisotopic (exact) mass is 401 g/mol. The minimum Gasteiger partial charge on any atom is -0.381 e. The molecule has 2 aromatic carbocycles. The summed E-state index contributed by atoms with van der Waals surface area (Å²) in [5.41, 5.74) is 2.52. The van der Waals surface area contributed by atoms with Crippen LogP contribution in [-0.4, -0.2) is 31.3 Å². The molecule has 5 nitrogen and oxygen atoms in total. The number of para-hydroxylation sites is 1. The zero-order valence-electron chi connectivity index (χ0n) is 14.9. The van der Waals surface area contributed by atoms with Gasteiger partial charge in [0, 0.05) is 36.8 Å². The largest absolute Gasteiger partial charge is 0.381 e. The van der Waals surface area contributed by atoms with Gasteiger partial charge in [-0.1, -0.05) is 35.9 Å². The molecule has 1 aromatic heterocycles. The zero-order valence-corrected chi connectivity index (χ0v) is 16.5. The van der Waals surface area contributed by atoms with E-state index < -0.39 is 10.0 Å². The van der Waals surface area contributed by atoms with Crippen LogP contribution in [0.2, 0.25) is 5.15 Å². The number of nitrogens with zero attached hydrogens (tertiary/aromatic N) is 2. The van der Waals surface area contributed by atoms with Crippen LogP contribution < -0.4 is 5.32 Å². The molecule has 3 rings (SSSR count). The molecule has 0 radical (unpaired) electrons. The third-order valence-electron chi connectivity index (χ3n) is 4.18. The van der Waals surface area contributed by atoms with E-state index in [1.165, 1.54) is 11.4 Å². The second kappa shape index (κ2) is 8.08. The van der Waals surface area contributed by atoms with Crippen molar-refractivity contribution in [1.82, 2.24) is 9.29 Å². The molecule has 0 aliphatic carbocycles. The van der Waals surface area contributed by atoms with Gasteiger partial charge in [0.15, 0.2) is 0 Å². The second-order valence-electron chi connectivity index (χ2n) is 6.08. The summed E-state index contributed by atoms with van der Waals surface area (Å²) in [5.74, 6) is 0. The fourth-order valence-corrected chi connectivity index (χ4v) is 4.02. The van der Waals surface area contributed by atoms with Crippen LogP contribution in [-0.2, 0) is 16.6 Å². The normalized spacial score (nSPS) is 11.7. The molecule has 1 N–H and O–H groups in total. The number of fused-ring (bicyclic) bond motifs is 1. The number of hydrogen-bond donors (Lipinski definition) is 1. The zero-order chi connectivity index (χ0) is 19.4. The van der Waals surface area contributed by atoms with Gasteiger partial charge in [0.2, 0.25) is 10.0 Å². The lowest BCUT2D eigenvalue weighted by atomic mass is 10.1. The highest BCUT2D eigenvalue weighted by molar-refractivity contribution is 7.89. The Kier molecular flexibility index (Phi) is 5.79. The van der Waals surface area contributed by atoms with Crippen molar-refractivity contribution >= 4 is 38.2 Å². The Labute approximate surface area is 164 Å². The molecule has 3 aromatic rings. The van der Waals surface area contributed by atoms with Gasteiger partial charge in [-0.15, -0.1) is 6.58 Å². The minimum absolute atomic E-state index is 0.239. The molecule has 140 valence electrons. The van der Waals surface area contributed by atoms with Crippen LogP contribution in [0.3, 0.4) is 0 Å². The van der Waals surface area contributed by atoms with Crippen LogP contribution >= 0.6 is 11.6 Å². The first kappa shape index (κ1) is 19.4. The van der Waals surface area contributed by atoms with Gasteiger partial charge in [-0.25, -0.2) is 13.4 Å².